The molecule has 0 aromatic rings. The summed E-state index contributed by atoms with van der Waals surface area (Å²) in [6, 6.07) is 0. The Morgan fingerprint density at radius 2 is 1.29 bits per heavy atom. The Balaban J connectivity index is 5.08. The van der Waals surface area contributed by atoms with Gasteiger partial charge in [0.25, 0.3) is 0 Å². The van der Waals surface area contributed by atoms with Gasteiger partial charge in [0, 0.05) is 0 Å². The van der Waals surface area contributed by atoms with E-state index in [4.69, 9.17) is 5.11 Å². The van der Waals surface area contributed by atoms with E-state index in [1.165, 1.54) is 0 Å². The third-order valence-corrected chi connectivity index (χ3v) is 1.02. The van der Waals surface area contributed by atoms with Gasteiger partial charge in [-0.15, -0.1) is 0 Å². The van der Waals surface area contributed by atoms with E-state index in [0.29, 0.717) is 0 Å². The van der Waals surface area contributed by atoms with Crippen LogP contribution < -0.4 is 0 Å². The Morgan fingerprint density at radius 1 is 0.929 bits per heavy atom. The van der Waals surface area contributed by atoms with E-state index >= 15 is 0 Å². The molecule has 9 heteroatoms. The van der Waals surface area contributed by atoms with Crippen molar-refractivity contribution < 1.29 is 41.4 Å². The van der Waals surface area contributed by atoms with Crippen molar-refractivity contribution in [2.75, 3.05) is 0 Å². The number of carboxylic acids is 1. The molecule has 4 nitrogen and oxygen atoms in total. The predicted octanol–water partition coefficient (Wildman–Crippen LogP) is 0.407. The highest BCUT2D eigenvalue weighted by molar-refractivity contribution is 6.40. The fraction of sp³-hybridized carbons (Fsp3) is 0.400. The van der Waals surface area contributed by atoms with E-state index in [9.17, 15) is 36.3 Å². The zero-order valence-electron chi connectivity index (χ0n) is 6.06. The molecule has 0 bridgehead atoms. The fourth-order valence-electron chi connectivity index (χ4n) is 0.415. The van der Waals surface area contributed by atoms with Crippen LogP contribution in [-0.4, -0.2) is 34.7 Å². The molecule has 1 N–H and O–H groups in total. The Morgan fingerprint density at radius 3 is 1.50 bits per heavy atom. The number of aliphatic carboxylic acids is 1. The molecule has 80 valence electrons. The van der Waals surface area contributed by atoms with Crippen molar-refractivity contribution in [3.8, 4) is 0 Å². The number of alkyl halides is 5. The van der Waals surface area contributed by atoms with Crippen molar-refractivity contribution >= 4 is 17.5 Å². The maximum Gasteiger partial charge on any atom is 0.456 e. The molecule has 0 spiro atoms. The molecule has 0 atom stereocenters. The lowest BCUT2D eigenvalue weighted by molar-refractivity contribution is -0.198. The lowest BCUT2D eigenvalue weighted by atomic mass is 10.1. The minimum atomic E-state index is -5.96. The van der Waals surface area contributed by atoms with Crippen LogP contribution in [0.2, 0.25) is 0 Å². The predicted molar refractivity (Wildman–Crippen MR) is 28.7 cm³/mol. The summed E-state index contributed by atoms with van der Waals surface area (Å²) >= 11 is 0. The van der Waals surface area contributed by atoms with Crippen molar-refractivity contribution in [3.05, 3.63) is 0 Å². The highest BCUT2D eigenvalue weighted by atomic mass is 19.4. The molecule has 0 aromatic carbocycles. The van der Waals surface area contributed by atoms with Crippen molar-refractivity contribution in [3.63, 3.8) is 0 Å². The zero-order valence-corrected chi connectivity index (χ0v) is 6.06. The number of carbonyl (C=O) groups excluding carboxylic acids is 2. The van der Waals surface area contributed by atoms with E-state index in [0.717, 1.165) is 0 Å². The monoisotopic (exact) mass is 220 g/mol. The third kappa shape index (κ3) is 2.24. The first-order chi connectivity index (χ1) is 6.01. The van der Waals surface area contributed by atoms with Crippen LogP contribution in [0.4, 0.5) is 22.0 Å². The smallest absolute Gasteiger partial charge is 0.456 e. The molecule has 0 saturated carbocycles. The Hall–Kier alpha value is -1.54. The van der Waals surface area contributed by atoms with Crippen LogP contribution in [0.3, 0.4) is 0 Å². The van der Waals surface area contributed by atoms with Crippen LogP contribution in [0.15, 0.2) is 0 Å². The zero-order chi connectivity index (χ0) is 11.7. The molecule has 0 amide bonds. The van der Waals surface area contributed by atoms with Crippen LogP contribution in [-0.2, 0) is 14.4 Å². The van der Waals surface area contributed by atoms with E-state index in [2.05, 4.69) is 0 Å². The van der Waals surface area contributed by atoms with E-state index in [1.54, 1.807) is 0 Å². The standard InChI is InChI=1S/C5HF5O4/c6-4(7,1(11)2(12)13)3(14)5(8,9)10/h(H,12,13). The summed E-state index contributed by atoms with van der Waals surface area (Å²) in [5.41, 5.74) is 0. The number of hydrogen-bond donors (Lipinski definition) is 1. The molecule has 0 aliphatic heterocycles. The molecule has 0 saturated heterocycles. The molecule has 0 heterocycles. The minimum absolute atomic E-state index is 2.81. The van der Waals surface area contributed by atoms with Gasteiger partial charge in [-0.3, -0.25) is 9.59 Å². The highest BCUT2D eigenvalue weighted by Gasteiger charge is 2.61. The molecule has 0 radical (unpaired) electrons. The molecule has 0 aliphatic rings. The molecular formula is C5HF5O4. The van der Waals surface area contributed by atoms with Crippen molar-refractivity contribution in [2.45, 2.75) is 12.1 Å². The van der Waals surface area contributed by atoms with Gasteiger partial charge >= 0.3 is 29.6 Å². The van der Waals surface area contributed by atoms with Crippen LogP contribution in [0.5, 0.6) is 0 Å². The number of ketones is 2. The first-order valence-electron chi connectivity index (χ1n) is 2.78. The van der Waals surface area contributed by atoms with Gasteiger partial charge in [-0.2, -0.15) is 22.0 Å². The van der Waals surface area contributed by atoms with Gasteiger partial charge in [-0.1, -0.05) is 0 Å². The lowest BCUT2D eigenvalue weighted by Gasteiger charge is -2.12. The second-order valence-corrected chi connectivity index (χ2v) is 2.04. The maximum atomic E-state index is 12.2. The molecular weight excluding hydrogens is 219 g/mol. The van der Waals surface area contributed by atoms with Gasteiger partial charge in [0.15, 0.2) is 0 Å². The first kappa shape index (κ1) is 12.5. The van der Waals surface area contributed by atoms with Crippen LogP contribution in [0, 0.1) is 0 Å². The molecule has 0 aliphatic carbocycles. The minimum Gasteiger partial charge on any atom is -0.475 e. The Bertz CT molecular complexity index is 291. The van der Waals surface area contributed by atoms with Gasteiger partial charge in [-0.05, 0) is 0 Å². The summed E-state index contributed by atoms with van der Waals surface area (Å²) in [5.74, 6) is -15.2. The normalized spacial score (nSPS) is 12.4. The summed E-state index contributed by atoms with van der Waals surface area (Å²) < 4.78 is 58.5. The Kier molecular flexibility index (Phi) is 2.95. The molecule has 0 unspecified atom stereocenters. The SMILES string of the molecule is O=C(O)C(=O)C(F)(F)C(=O)C(F)(F)F. The number of rotatable bonds is 3. The van der Waals surface area contributed by atoms with Crippen LogP contribution >= 0.6 is 0 Å². The van der Waals surface area contributed by atoms with Crippen molar-refractivity contribution in [1.82, 2.24) is 0 Å². The number of halogens is 5. The number of carboxylic acid groups (broad SMARTS) is 1. The van der Waals surface area contributed by atoms with Gasteiger partial charge in [0.1, 0.15) is 0 Å². The summed E-state index contributed by atoms with van der Waals surface area (Å²) in [6.45, 7) is 0. The maximum absolute atomic E-state index is 12.2. The quantitative estimate of drug-likeness (QED) is 0.424. The van der Waals surface area contributed by atoms with Gasteiger partial charge in [0.2, 0.25) is 0 Å². The average Bonchev–Trinajstić information content (AvgIpc) is 1.99. The van der Waals surface area contributed by atoms with Crippen LogP contribution in [0.1, 0.15) is 0 Å². The van der Waals surface area contributed by atoms with Crippen LogP contribution in [0.25, 0.3) is 0 Å². The number of carbonyl (C=O) groups is 3. The molecule has 14 heavy (non-hydrogen) atoms. The summed E-state index contributed by atoms with van der Waals surface area (Å²) in [5, 5.41) is 7.68. The molecule has 0 aromatic heterocycles. The summed E-state index contributed by atoms with van der Waals surface area (Å²) in [6.07, 6.45) is -5.96. The van der Waals surface area contributed by atoms with Gasteiger partial charge in [0.05, 0.1) is 0 Å². The lowest BCUT2D eigenvalue weighted by Crippen LogP contribution is -2.48. The fourth-order valence-corrected chi connectivity index (χ4v) is 0.415. The third-order valence-electron chi connectivity index (χ3n) is 1.02. The van der Waals surface area contributed by atoms with Crippen molar-refractivity contribution in [2.24, 2.45) is 0 Å². The number of hydrogen-bond acceptors (Lipinski definition) is 3. The second-order valence-electron chi connectivity index (χ2n) is 2.04. The highest BCUT2D eigenvalue weighted by Crippen LogP contribution is 2.28. The molecule has 0 rings (SSSR count). The average molecular weight is 220 g/mol. The first-order valence-corrected chi connectivity index (χ1v) is 2.78. The largest absolute Gasteiger partial charge is 0.475 e. The van der Waals surface area contributed by atoms with E-state index < -0.39 is 29.6 Å². The second kappa shape index (κ2) is 3.31. The van der Waals surface area contributed by atoms with Gasteiger partial charge < -0.3 is 5.11 Å². The Labute approximate surface area is 72.3 Å². The molecule has 0 fully saturated rings. The number of Topliss-reactive ketones (excluding diaryl/α,β-unsaturated/α-hetero) is 2. The van der Waals surface area contributed by atoms with Gasteiger partial charge in [-0.25, -0.2) is 4.79 Å². The topological polar surface area (TPSA) is 71.4 Å². The van der Waals surface area contributed by atoms with Crippen molar-refractivity contribution in [1.29, 1.82) is 0 Å². The van der Waals surface area contributed by atoms with E-state index in [1.807, 2.05) is 0 Å². The summed E-state index contributed by atoms with van der Waals surface area (Å²) in [4.78, 5) is 29.5. The summed E-state index contributed by atoms with van der Waals surface area (Å²) in [7, 11) is 0. The van der Waals surface area contributed by atoms with E-state index in [-0.39, 0.29) is 0 Å².